The summed E-state index contributed by atoms with van der Waals surface area (Å²) in [7, 11) is 0. The van der Waals surface area contributed by atoms with Crippen molar-refractivity contribution < 1.29 is 0 Å². The molecule has 20 heavy (non-hydrogen) atoms. The van der Waals surface area contributed by atoms with Gasteiger partial charge in [-0.3, -0.25) is 4.68 Å². The number of aryl methyl sites for hydroxylation is 1. The lowest BCUT2D eigenvalue weighted by Gasteiger charge is -2.21. The van der Waals surface area contributed by atoms with Gasteiger partial charge in [0.25, 0.3) is 0 Å². The third-order valence-electron chi connectivity index (χ3n) is 3.75. The van der Waals surface area contributed by atoms with E-state index in [2.05, 4.69) is 36.3 Å². The number of aromatic nitrogens is 2. The number of hydrogen-bond donors (Lipinski definition) is 1. The van der Waals surface area contributed by atoms with Gasteiger partial charge in [0.2, 0.25) is 0 Å². The van der Waals surface area contributed by atoms with E-state index in [1.54, 1.807) is 6.20 Å². The predicted molar refractivity (Wildman–Crippen MR) is 84.4 cm³/mol. The number of halogens is 1. The summed E-state index contributed by atoms with van der Waals surface area (Å²) in [4.78, 5) is 1.34. The monoisotopic (exact) mass is 307 g/mol. The fourth-order valence-corrected chi connectivity index (χ4v) is 4.34. The second-order valence-electron chi connectivity index (χ2n) is 5.08. The van der Waals surface area contributed by atoms with Gasteiger partial charge in [0.05, 0.1) is 23.0 Å². The van der Waals surface area contributed by atoms with Gasteiger partial charge in [0, 0.05) is 23.1 Å². The van der Waals surface area contributed by atoms with E-state index in [4.69, 9.17) is 17.3 Å². The van der Waals surface area contributed by atoms with E-state index >= 15 is 0 Å². The van der Waals surface area contributed by atoms with E-state index in [1.165, 1.54) is 10.5 Å². The summed E-state index contributed by atoms with van der Waals surface area (Å²) >= 11 is 8.18. The average Bonchev–Trinajstić information content (AvgIpc) is 3.03. The SMILES string of the molecule is CCCn1ncc(Cl)c1C(N)C1CSc2ccccc21. The van der Waals surface area contributed by atoms with Crippen LogP contribution in [0.25, 0.3) is 0 Å². The summed E-state index contributed by atoms with van der Waals surface area (Å²) in [6.07, 6.45) is 2.73. The summed E-state index contributed by atoms with van der Waals surface area (Å²) < 4.78 is 1.96. The molecule has 3 rings (SSSR count). The molecule has 0 fully saturated rings. The first-order chi connectivity index (χ1) is 9.72. The number of thioether (sulfide) groups is 1. The summed E-state index contributed by atoms with van der Waals surface area (Å²) in [5.41, 5.74) is 8.84. The lowest BCUT2D eigenvalue weighted by molar-refractivity contribution is 0.506. The minimum atomic E-state index is -0.104. The van der Waals surface area contributed by atoms with Crippen molar-refractivity contribution in [3.8, 4) is 0 Å². The molecular formula is C15H18ClN3S. The van der Waals surface area contributed by atoms with Crippen molar-refractivity contribution in [1.82, 2.24) is 9.78 Å². The molecule has 1 aromatic carbocycles. The lowest BCUT2D eigenvalue weighted by atomic mass is 9.92. The highest BCUT2D eigenvalue weighted by molar-refractivity contribution is 7.99. The second kappa shape index (κ2) is 5.80. The molecule has 0 bridgehead atoms. The molecule has 2 atom stereocenters. The third kappa shape index (κ3) is 2.36. The molecule has 0 saturated carbocycles. The van der Waals surface area contributed by atoms with Crippen LogP contribution in [0.2, 0.25) is 5.02 Å². The number of fused-ring (bicyclic) bond motifs is 1. The molecule has 2 unspecified atom stereocenters. The predicted octanol–water partition coefficient (Wildman–Crippen LogP) is 3.84. The van der Waals surface area contributed by atoms with Crippen molar-refractivity contribution in [2.24, 2.45) is 5.73 Å². The van der Waals surface area contributed by atoms with E-state index in [-0.39, 0.29) is 6.04 Å². The summed E-state index contributed by atoms with van der Waals surface area (Å²) in [5, 5.41) is 5.03. The van der Waals surface area contributed by atoms with Crippen LogP contribution in [0.5, 0.6) is 0 Å². The number of nitrogens with two attached hydrogens (primary N) is 1. The molecule has 0 saturated heterocycles. The van der Waals surface area contributed by atoms with Gasteiger partial charge in [-0.1, -0.05) is 36.7 Å². The van der Waals surface area contributed by atoms with Crippen LogP contribution >= 0.6 is 23.4 Å². The molecule has 2 aromatic rings. The maximum atomic E-state index is 6.53. The number of hydrogen-bond acceptors (Lipinski definition) is 3. The van der Waals surface area contributed by atoms with E-state index in [9.17, 15) is 0 Å². The largest absolute Gasteiger partial charge is 0.322 e. The minimum Gasteiger partial charge on any atom is -0.322 e. The molecule has 3 nitrogen and oxygen atoms in total. The molecule has 106 valence electrons. The summed E-state index contributed by atoms with van der Waals surface area (Å²) in [5.74, 6) is 1.31. The van der Waals surface area contributed by atoms with Crippen LogP contribution in [0.4, 0.5) is 0 Å². The first-order valence-corrected chi connectivity index (χ1v) is 8.27. The van der Waals surface area contributed by atoms with Crippen molar-refractivity contribution in [2.75, 3.05) is 5.75 Å². The van der Waals surface area contributed by atoms with Gasteiger partial charge in [0.1, 0.15) is 0 Å². The maximum absolute atomic E-state index is 6.53. The van der Waals surface area contributed by atoms with Crippen LogP contribution in [-0.4, -0.2) is 15.5 Å². The lowest BCUT2D eigenvalue weighted by Crippen LogP contribution is -2.23. The Morgan fingerprint density at radius 3 is 3.10 bits per heavy atom. The quantitative estimate of drug-likeness (QED) is 0.933. The van der Waals surface area contributed by atoms with Gasteiger partial charge in [0.15, 0.2) is 0 Å². The fourth-order valence-electron chi connectivity index (χ4n) is 2.77. The van der Waals surface area contributed by atoms with E-state index in [0.717, 1.165) is 24.4 Å². The Hall–Kier alpha value is -0.970. The van der Waals surface area contributed by atoms with Crippen LogP contribution in [-0.2, 0) is 6.54 Å². The van der Waals surface area contributed by atoms with Crippen LogP contribution in [0.3, 0.4) is 0 Å². The molecule has 5 heteroatoms. The van der Waals surface area contributed by atoms with Crippen LogP contribution in [0, 0.1) is 0 Å². The van der Waals surface area contributed by atoms with Crippen LogP contribution < -0.4 is 5.73 Å². The molecule has 0 spiro atoms. The third-order valence-corrected chi connectivity index (χ3v) is 5.25. The standard InChI is InChI=1S/C15H18ClN3S/c1-2-7-19-15(12(16)8-18-19)14(17)11-9-20-13-6-4-3-5-10(11)13/h3-6,8,11,14H,2,7,9,17H2,1H3. The molecule has 0 radical (unpaired) electrons. The molecule has 0 aliphatic carbocycles. The smallest absolute Gasteiger partial charge is 0.0834 e. The molecule has 2 N–H and O–H groups in total. The average molecular weight is 308 g/mol. The Bertz CT molecular complexity index is 611. The molecular weight excluding hydrogens is 290 g/mol. The van der Waals surface area contributed by atoms with Crippen LogP contribution in [0.1, 0.15) is 36.6 Å². The number of rotatable bonds is 4. The Balaban J connectivity index is 1.94. The Labute approximate surface area is 128 Å². The normalized spacial score (nSPS) is 19.1. The zero-order chi connectivity index (χ0) is 14.1. The Kier molecular flexibility index (Phi) is 4.06. The highest BCUT2D eigenvalue weighted by Gasteiger charge is 2.32. The highest BCUT2D eigenvalue weighted by Crippen LogP contribution is 2.45. The van der Waals surface area contributed by atoms with E-state index in [0.29, 0.717) is 10.9 Å². The first kappa shape index (κ1) is 14.0. The molecule has 2 heterocycles. The van der Waals surface area contributed by atoms with E-state index < -0.39 is 0 Å². The summed E-state index contributed by atoms with van der Waals surface area (Å²) in [6, 6.07) is 8.39. The Morgan fingerprint density at radius 2 is 2.30 bits per heavy atom. The molecule has 1 aromatic heterocycles. The van der Waals surface area contributed by atoms with Crippen molar-refractivity contribution in [3.05, 3.63) is 46.7 Å². The maximum Gasteiger partial charge on any atom is 0.0834 e. The second-order valence-corrected chi connectivity index (χ2v) is 6.55. The van der Waals surface area contributed by atoms with Crippen molar-refractivity contribution in [3.63, 3.8) is 0 Å². The van der Waals surface area contributed by atoms with Gasteiger partial charge >= 0.3 is 0 Å². The number of nitrogens with zero attached hydrogens (tertiary/aromatic N) is 2. The van der Waals surface area contributed by atoms with Crippen molar-refractivity contribution in [2.45, 2.75) is 36.7 Å². The Morgan fingerprint density at radius 1 is 1.50 bits per heavy atom. The first-order valence-electron chi connectivity index (χ1n) is 6.91. The zero-order valence-corrected chi connectivity index (χ0v) is 13.0. The topological polar surface area (TPSA) is 43.8 Å². The van der Waals surface area contributed by atoms with Gasteiger partial charge in [-0.25, -0.2) is 0 Å². The minimum absolute atomic E-state index is 0.104. The van der Waals surface area contributed by atoms with Crippen molar-refractivity contribution in [1.29, 1.82) is 0 Å². The van der Waals surface area contributed by atoms with Gasteiger partial charge in [-0.15, -0.1) is 11.8 Å². The van der Waals surface area contributed by atoms with Gasteiger partial charge in [-0.2, -0.15) is 5.10 Å². The van der Waals surface area contributed by atoms with Gasteiger partial charge < -0.3 is 5.73 Å². The fraction of sp³-hybridized carbons (Fsp3) is 0.400. The molecule has 1 aliphatic heterocycles. The highest BCUT2D eigenvalue weighted by atomic mass is 35.5. The van der Waals surface area contributed by atoms with Crippen molar-refractivity contribution >= 4 is 23.4 Å². The molecule has 1 aliphatic rings. The van der Waals surface area contributed by atoms with Gasteiger partial charge in [-0.05, 0) is 18.1 Å². The van der Waals surface area contributed by atoms with E-state index in [1.807, 2.05) is 16.4 Å². The zero-order valence-electron chi connectivity index (χ0n) is 11.4. The van der Waals surface area contributed by atoms with Crippen LogP contribution in [0.15, 0.2) is 35.4 Å². The molecule has 0 amide bonds. The summed E-state index contributed by atoms with van der Waals surface area (Å²) in [6.45, 7) is 2.99. The number of benzene rings is 1.